The third kappa shape index (κ3) is 2.89. The van der Waals surface area contributed by atoms with E-state index in [1.54, 1.807) is 25.2 Å². The van der Waals surface area contributed by atoms with Crippen LogP contribution in [0.15, 0.2) is 35.5 Å². The molecule has 2 fully saturated rings. The first-order valence-corrected chi connectivity index (χ1v) is 9.42. The lowest BCUT2D eigenvalue weighted by molar-refractivity contribution is -0.224. The molecule has 0 radical (unpaired) electrons. The molecule has 1 saturated heterocycles. The van der Waals surface area contributed by atoms with Crippen LogP contribution in [0.5, 0.6) is 0 Å². The normalized spacial score (nSPS) is 37.7. The Morgan fingerprint density at radius 2 is 2.07 bits per heavy atom. The maximum atomic E-state index is 13.1. The van der Waals surface area contributed by atoms with Gasteiger partial charge in [-0.1, -0.05) is 18.2 Å². The van der Waals surface area contributed by atoms with Gasteiger partial charge in [0.1, 0.15) is 11.0 Å². The summed E-state index contributed by atoms with van der Waals surface area (Å²) in [4.78, 5) is 36.0. The van der Waals surface area contributed by atoms with Crippen LogP contribution >= 0.6 is 0 Å². The number of hydrogen-bond donors (Lipinski definition) is 2. The molecule has 2 N–H and O–H groups in total. The molecule has 2 bridgehead atoms. The van der Waals surface area contributed by atoms with Crippen LogP contribution in [-0.4, -0.2) is 46.4 Å². The number of cyclic esters (lactones) is 1. The van der Waals surface area contributed by atoms with Crippen LogP contribution in [0.2, 0.25) is 0 Å². The molecule has 7 heteroatoms. The van der Waals surface area contributed by atoms with E-state index in [1.165, 1.54) is 20.1 Å². The Morgan fingerprint density at radius 3 is 2.71 bits per heavy atom. The molecule has 0 spiro atoms. The summed E-state index contributed by atoms with van der Waals surface area (Å²) in [5, 5.41) is 20.7. The van der Waals surface area contributed by atoms with Crippen molar-refractivity contribution in [3.05, 3.63) is 35.5 Å². The maximum absolute atomic E-state index is 13.1. The van der Waals surface area contributed by atoms with Crippen molar-refractivity contribution < 1.29 is 34.1 Å². The standard InChI is InChI=1S/C21H26O7/c1-13(16(22)23)5-4-9-19(2)15-8-11-20(18(25)28-19)10-6-14(17(24)27-3)7-12-21(15,20)26/h4-6,9,15,26H,7-8,10-12H2,1-3H3,(H,22,23)/t15-,19+,20+,21-/m0/s1. The largest absolute Gasteiger partial charge is 0.478 e. The number of carbonyl (C=O) groups is 3. The predicted molar refractivity (Wildman–Crippen MR) is 99.1 cm³/mol. The van der Waals surface area contributed by atoms with Gasteiger partial charge in [-0.15, -0.1) is 0 Å². The molecule has 1 heterocycles. The molecule has 7 nitrogen and oxygen atoms in total. The molecule has 0 amide bonds. The molecule has 3 rings (SSSR count). The van der Waals surface area contributed by atoms with Gasteiger partial charge < -0.3 is 19.7 Å². The molecule has 0 aromatic carbocycles. The summed E-state index contributed by atoms with van der Waals surface area (Å²) in [5.41, 5.74) is -2.80. The van der Waals surface area contributed by atoms with Crippen molar-refractivity contribution >= 4 is 17.9 Å². The van der Waals surface area contributed by atoms with E-state index in [2.05, 4.69) is 0 Å². The SMILES string of the molecule is COC(=O)C1=CC[C@@]23CC[C@@H]([C@@](C)(C=CC=C(C)C(=O)O)OC2=O)[C@@]3(O)CC1. The number of hydrogen-bond acceptors (Lipinski definition) is 6. The van der Waals surface area contributed by atoms with Gasteiger partial charge in [-0.25, -0.2) is 9.59 Å². The highest BCUT2D eigenvalue weighted by molar-refractivity contribution is 5.89. The molecular formula is C21H26O7. The summed E-state index contributed by atoms with van der Waals surface area (Å²) in [7, 11) is 1.31. The number of rotatable bonds is 4. The number of aliphatic hydroxyl groups is 1. The monoisotopic (exact) mass is 390 g/mol. The van der Waals surface area contributed by atoms with E-state index >= 15 is 0 Å². The van der Waals surface area contributed by atoms with Crippen LogP contribution in [0.4, 0.5) is 0 Å². The Kier molecular flexibility index (Phi) is 5.00. The number of esters is 2. The van der Waals surface area contributed by atoms with Gasteiger partial charge >= 0.3 is 17.9 Å². The minimum Gasteiger partial charge on any atom is -0.478 e. The Morgan fingerprint density at radius 1 is 1.36 bits per heavy atom. The van der Waals surface area contributed by atoms with E-state index < -0.39 is 34.5 Å². The summed E-state index contributed by atoms with van der Waals surface area (Å²) in [6.45, 7) is 3.21. The number of carboxylic acids is 1. The number of aliphatic carboxylic acids is 1. The van der Waals surface area contributed by atoms with E-state index in [0.29, 0.717) is 24.8 Å². The Hall–Kier alpha value is -2.41. The second-order valence-electron chi connectivity index (χ2n) is 8.11. The summed E-state index contributed by atoms with van der Waals surface area (Å²) in [6, 6.07) is 0. The van der Waals surface area contributed by atoms with Crippen LogP contribution in [-0.2, 0) is 23.9 Å². The fourth-order valence-corrected chi connectivity index (χ4v) is 5.01. The molecule has 0 aromatic heterocycles. The number of ether oxygens (including phenoxy) is 2. The van der Waals surface area contributed by atoms with E-state index in [0.717, 1.165) is 0 Å². The smallest absolute Gasteiger partial charge is 0.333 e. The molecule has 0 aromatic rings. The van der Waals surface area contributed by atoms with Gasteiger partial charge in [0.2, 0.25) is 0 Å². The summed E-state index contributed by atoms with van der Waals surface area (Å²) in [5.74, 6) is -2.30. The zero-order chi connectivity index (χ0) is 20.7. The van der Waals surface area contributed by atoms with Gasteiger partial charge in [0.15, 0.2) is 0 Å². The number of allylic oxidation sites excluding steroid dienone is 3. The van der Waals surface area contributed by atoms with Crippen LogP contribution in [0.1, 0.15) is 46.0 Å². The molecule has 1 saturated carbocycles. The topological polar surface area (TPSA) is 110 Å². The minimum atomic E-state index is -1.31. The minimum absolute atomic E-state index is 0.155. The lowest BCUT2D eigenvalue weighted by atomic mass is 9.62. The van der Waals surface area contributed by atoms with Gasteiger partial charge in [-0.3, -0.25) is 4.79 Å². The number of carboxylic acid groups (broad SMARTS) is 1. The first kappa shape index (κ1) is 20.3. The molecule has 0 unspecified atom stereocenters. The summed E-state index contributed by atoms with van der Waals surface area (Å²) >= 11 is 0. The quantitative estimate of drug-likeness (QED) is 0.430. The Balaban J connectivity index is 1.95. The third-order valence-electron chi connectivity index (χ3n) is 6.69. The van der Waals surface area contributed by atoms with Gasteiger partial charge in [-0.05, 0) is 52.0 Å². The van der Waals surface area contributed by atoms with Crippen molar-refractivity contribution in [3.8, 4) is 0 Å². The van der Waals surface area contributed by atoms with Crippen molar-refractivity contribution in [2.75, 3.05) is 7.11 Å². The molecule has 3 aliphatic rings. The van der Waals surface area contributed by atoms with Crippen molar-refractivity contribution in [1.82, 2.24) is 0 Å². The maximum Gasteiger partial charge on any atom is 0.333 e. The van der Waals surface area contributed by atoms with Crippen molar-refractivity contribution in [2.45, 2.75) is 57.2 Å². The molecular weight excluding hydrogens is 364 g/mol. The lowest BCUT2D eigenvalue weighted by Crippen LogP contribution is -2.63. The van der Waals surface area contributed by atoms with Crippen LogP contribution in [0.25, 0.3) is 0 Å². The second kappa shape index (κ2) is 6.88. The van der Waals surface area contributed by atoms with Gasteiger partial charge in [0.25, 0.3) is 0 Å². The first-order chi connectivity index (χ1) is 13.1. The second-order valence-corrected chi connectivity index (χ2v) is 8.11. The van der Waals surface area contributed by atoms with E-state index in [1.807, 2.05) is 0 Å². The van der Waals surface area contributed by atoms with E-state index in [-0.39, 0.29) is 24.3 Å². The zero-order valence-electron chi connectivity index (χ0n) is 16.4. The molecule has 152 valence electrons. The highest BCUT2D eigenvalue weighted by Gasteiger charge is 2.71. The molecule has 4 atom stereocenters. The van der Waals surface area contributed by atoms with Gasteiger partial charge in [-0.2, -0.15) is 0 Å². The molecule has 28 heavy (non-hydrogen) atoms. The lowest BCUT2D eigenvalue weighted by Gasteiger charge is -2.52. The number of carbonyl (C=O) groups excluding carboxylic acids is 2. The molecule has 1 aliphatic heterocycles. The zero-order valence-corrected chi connectivity index (χ0v) is 16.4. The van der Waals surface area contributed by atoms with Crippen molar-refractivity contribution in [3.63, 3.8) is 0 Å². The predicted octanol–water partition coefficient (Wildman–Crippen LogP) is 2.30. The average molecular weight is 390 g/mol. The van der Waals surface area contributed by atoms with Crippen LogP contribution < -0.4 is 0 Å². The van der Waals surface area contributed by atoms with E-state index in [9.17, 15) is 19.5 Å². The summed E-state index contributed by atoms with van der Waals surface area (Å²) in [6.07, 6.45) is 8.25. The number of methoxy groups -OCH3 is 1. The average Bonchev–Trinajstić information content (AvgIpc) is 2.77. The van der Waals surface area contributed by atoms with Crippen LogP contribution in [0.3, 0.4) is 0 Å². The van der Waals surface area contributed by atoms with Gasteiger partial charge in [0, 0.05) is 17.1 Å². The first-order valence-electron chi connectivity index (χ1n) is 9.42. The fourth-order valence-electron chi connectivity index (χ4n) is 5.01. The highest BCUT2D eigenvalue weighted by atomic mass is 16.6. The highest BCUT2D eigenvalue weighted by Crippen LogP contribution is 2.63. The Labute approximate surface area is 163 Å². The fraction of sp³-hybridized carbons (Fsp3) is 0.571. The summed E-state index contributed by atoms with van der Waals surface area (Å²) < 4.78 is 10.6. The van der Waals surface area contributed by atoms with E-state index in [4.69, 9.17) is 14.6 Å². The van der Waals surface area contributed by atoms with Crippen LogP contribution in [0, 0.1) is 11.3 Å². The molecule has 2 aliphatic carbocycles. The van der Waals surface area contributed by atoms with Crippen molar-refractivity contribution in [1.29, 1.82) is 0 Å². The third-order valence-corrected chi connectivity index (χ3v) is 6.69. The van der Waals surface area contributed by atoms with Gasteiger partial charge in [0.05, 0.1) is 12.7 Å². The van der Waals surface area contributed by atoms with Crippen molar-refractivity contribution in [2.24, 2.45) is 11.3 Å². The Bertz CT molecular complexity index is 808.